The van der Waals surface area contributed by atoms with Gasteiger partial charge in [-0.25, -0.2) is 0 Å². The zero-order valence-electron chi connectivity index (χ0n) is 24.1. The minimum atomic E-state index is 0.571. The van der Waals surface area contributed by atoms with Crippen LogP contribution in [0.5, 0.6) is 0 Å². The van der Waals surface area contributed by atoms with E-state index < -0.39 is 0 Å². The molecular weight excluding hydrogens is 492 g/mol. The third kappa shape index (κ3) is 9.38. The fourth-order valence-electron chi connectivity index (χ4n) is 4.12. The molecule has 1 aromatic heterocycles. The van der Waals surface area contributed by atoms with Crippen molar-refractivity contribution in [3.8, 4) is 11.1 Å². The van der Waals surface area contributed by atoms with Crippen LogP contribution in [0.25, 0.3) is 21.9 Å². The van der Waals surface area contributed by atoms with Crippen molar-refractivity contribution in [1.29, 1.82) is 0 Å². The highest BCUT2D eigenvalue weighted by atomic mass is 32.2. The van der Waals surface area contributed by atoms with Crippen molar-refractivity contribution >= 4 is 22.7 Å². The Morgan fingerprint density at radius 1 is 0.538 bits per heavy atom. The number of nitrogens with zero attached hydrogens (tertiary/aromatic N) is 1. The topological polar surface area (TPSA) is 38.9 Å². The summed E-state index contributed by atoms with van der Waals surface area (Å²) in [5, 5.41) is 8.10. The number of nitrogens with two attached hydrogens (primary N) is 1. The summed E-state index contributed by atoms with van der Waals surface area (Å²) >= 11 is 1.30. The van der Waals surface area contributed by atoms with Crippen molar-refractivity contribution in [3.05, 3.63) is 132 Å². The van der Waals surface area contributed by atoms with E-state index in [0.717, 1.165) is 4.90 Å². The monoisotopic (exact) mass is 534 g/mol. The van der Waals surface area contributed by atoms with Gasteiger partial charge in [0.25, 0.3) is 0 Å². The Morgan fingerprint density at radius 2 is 1.13 bits per heavy atom. The minimum Gasteiger partial charge on any atom is -0.274 e. The van der Waals surface area contributed by atoms with Gasteiger partial charge >= 0.3 is 0 Å². The number of hydrogen-bond acceptors (Lipinski definition) is 3. The van der Waals surface area contributed by atoms with Crippen molar-refractivity contribution in [3.63, 3.8) is 0 Å². The van der Waals surface area contributed by atoms with Crippen LogP contribution in [0.3, 0.4) is 0 Å². The molecular formula is C36H42N2S. The van der Waals surface area contributed by atoms with E-state index in [1.807, 2.05) is 24.4 Å². The molecule has 0 fully saturated rings. The van der Waals surface area contributed by atoms with Crippen LogP contribution in [0.15, 0.2) is 120 Å². The number of benzene rings is 4. The third-order valence-corrected chi connectivity index (χ3v) is 7.18. The first kappa shape index (κ1) is 30.1. The summed E-state index contributed by atoms with van der Waals surface area (Å²) in [5.74, 6) is 1.77. The molecule has 39 heavy (non-hydrogen) atoms. The molecule has 0 amide bonds. The fourth-order valence-corrected chi connectivity index (χ4v) is 4.49. The highest BCUT2D eigenvalue weighted by Gasteiger charge is 2.02. The molecule has 0 bridgehead atoms. The Hall–Kier alpha value is -3.40. The molecule has 4 aromatic carbocycles. The third-order valence-electron chi connectivity index (χ3n) is 6.65. The number of aromatic nitrogens is 1. The number of fused-ring (bicyclic) bond motifs is 1. The first-order valence-corrected chi connectivity index (χ1v) is 14.6. The molecule has 0 aliphatic carbocycles. The van der Waals surface area contributed by atoms with Gasteiger partial charge in [-0.1, -0.05) is 126 Å². The average Bonchev–Trinajstić information content (AvgIpc) is 2.98. The smallest absolute Gasteiger partial charge is 0.0346 e. The van der Waals surface area contributed by atoms with Crippen LogP contribution in [-0.4, -0.2) is 4.98 Å². The zero-order chi connectivity index (χ0) is 28.2. The molecule has 2 nitrogen and oxygen atoms in total. The predicted octanol–water partition coefficient (Wildman–Crippen LogP) is 10.6. The second-order valence-electron chi connectivity index (χ2n) is 10.6. The van der Waals surface area contributed by atoms with Crippen LogP contribution in [0, 0.1) is 0 Å². The van der Waals surface area contributed by atoms with Crippen molar-refractivity contribution in [2.24, 2.45) is 5.14 Å². The molecule has 0 spiro atoms. The molecule has 5 rings (SSSR count). The molecule has 202 valence electrons. The summed E-state index contributed by atoms with van der Waals surface area (Å²) in [6.07, 6.45) is 3.70. The van der Waals surface area contributed by atoms with E-state index in [-0.39, 0.29) is 0 Å². The zero-order valence-corrected chi connectivity index (χ0v) is 25.0. The van der Waals surface area contributed by atoms with Crippen LogP contribution in [0.4, 0.5) is 0 Å². The lowest BCUT2D eigenvalue weighted by atomic mass is 9.98. The van der Waals surface area contributed by atoms with Crippen LogP contribution in [0.2, 0.25) is 0 Å². The Balaban J connectivity index is 0.000000164. The first-order chi connectivity index (χ1) is 18.8. The SMILES string of the molecule is CC(C)c1ccc2ccccc2c1.CC(C)c1cccc(-c2cccnc2)c1.CC(C)c1cccc(SN)c1. The largest absolute Gasteiger partial charge is 0.274 e. The maximum absolute atomic E-state index is 5.44. The van der Waals surface area contributed by atoms with Gasteiger partial charge in [0.1, 0.15) is 0 Å². The van der Waals surface area contributed by atoms with E-state index in [1.54, 1.807) is 6.20 Å². The van der Waals surface area contributed by atoms with Crippen LogP contribution >= 0.6 is 11.9 Å². The van der Waals surface area contributed by atoms with Gasteiger partial charge < -0.3 is 0 Å². The molecule has 3 heteroatoms. The van der Waals surface area contributed by atoms with E-state index in [9.17, 15) is 0 Å². The lowest BCUT2D eigenvalue weighted by Crippen LogP contribution is -1.87. The van der Waals surface area contributed by atoms with E-state index in [0.29, 0.717) is 17.8 Å². The van der Waals surface area contributed by atoms with Gasteiger partial charge in [0.15, 0.2) is 0 Å². The molecule has 0 aliphatic rings. The van der Waals surface area contributed by atoms with Crippen LogP contribution in [0.1, 0.15) is 76.0 Å². The minimum absolute atomic E-state index is 0.571. The van der Waals surface area contributed by atoms with Gasteiger partial charge in [-0.05, 0) is 86.5 Å². The van der Waals surface area contributed by atoms with Crippen LogP contribution in [-0.2, 0) is 0 Å². The Morgan fingerprint density at radius 3 is 1.74 bits per heavy atom. The summed E-state index contributed by atoms with van der Waals surface area (Å²) in [7, 11) is 0. The van der Waals surface area contributed by atoms with Gasteiger partial charge in [-0.2, -0.15) is 0 Å². The number of rotatable bonds is 5. The lowest BCUT2D eigenvalue weighted by Gasteiger charge is -2.07. The average molecular weight is 535 g/mol. The molecule has 0 aliphatic heterocycles. The summed E-state index contributed by atoms with van der Waals surface area (Å²) in [6, 6.07) is 36.2. The summed E-state index contributed by atoms with van der Waals surface area (Å²) < 4.78 is 0. The highest BCUT2D eigenvalue weighted by Crippen LogP contribution is 2.23. The molecule has 1 heterocycles. The Labute approximate surface area is 239 Å². The standard InChI is InChI=1S/C14H15N.C13H14.C9H13NS/c1-11(2)12-5-3-6-13(9-12)14-7-4-8-15-10-14;1-10(2)12-8-7-11-5-3-4-6-13(11)9-12;1-7(2)8-4-3-5-9(6-8)11-10/h3-11H,1-2H3;3-10H,1-2H3;3-7H,10H2,1-2H3. The second-order valence-corrected chi connectivity index (χ2v) is 11.3. The Bertz CT molecular complexity index is 1420. The lowest BCUT2D eigenvalue weighted by molar-refractivity contribution is 0.862. The van der Waals surface area contributed by atoms with Crippen LogP contribution < -0.4 is 5.14 Å². The van der Waals surface area contributed by atoms with Gasteiger partial charge in [-0.15, -0.1) is 0 Å². The summed E-state index contributed by atoms with van der Waals surface area (Å²) in [4.78, 5) is 5.27. The normalized spacial score (nSPS) is 10.7. The number of hydrogen-bond donors (Lipinski definition) is 1. The number of pyridine rings is 1. The maximum Gasteiger partial charge on any atom is 0.0346 e. The van der Waals surface area contributed by atoms with E-state index in [2.05, 4.69) is 131 Å². The molecule has 0 atom stereocenters. The van der Waals surface area contributed by atoms with Gasteiger partial charge in [-0.3, -0.25) is 10.1 Å². The van der Waals surface area contributed by atoms with E-state index >= 15 is 0 Å². The fraction of sp³-hybridized carbons (Fsp3) is 0.250. The van der Waals surface area contributed by atoms with E-state index in [4.69, 9.17) is 5.14 Å². The van der Waals surface area contributed by atoms with Gasteiger partial charge in [0.2, 0.25) is 0 Å². The van der Waals surface area contributed by atoms with Gasteiger partial charge in [0.05, 0.1) is 0 Å². The predicted molar refractivity (Wildman–Crippen MR) is 172 cm³/mol. The second kappa shape index (κ2) is 15.3. The molecule has 0 radical (unpaired) electrons. The van der Waals surface area contributed by atoms with Crippen molar-refractivity contribution in [1.82, 2.24) is 4.98 Å². The summed E-state index contributed by atoms with van der Waals surface area (Å²) in [5.41, 5.74) is 6.56. The molecule has 0 unspecified atom stereocenters. The van der Waals surface area contributed by atoms with E-state index in [1.165, 1.54) is 50.5 Å². The maximum atomic E-state index is 5.44. The Kier molecular flexibility index (Phi) is 11.8. The first-order valence-electron chi connectivity index (χ1n) is 13.7. The molecule has 0 saturated heterocycles. The molecule has 5 aromatic rings. The van der Waals surface area contributed by atoms with Crippen molar-refractivity contribution in [2.45, 2.75) is 64.2 Å². The molecule has 2 N–H and O–H groups in total. The summed E-state index contributed by atoms with van der Waals surface area (Å²) in [6.45, 7) is 13.2. The van der Waals surface area contributed by atoms with Gasteiger partial charge in [0, 0.05) is 17.3 Å². The highest BCUT2D eigenvalue weighted by molar-refractivity contribution is 7.97. The quantitative estimate of drug-likeness (QED) is 0.228. The molecule has 0 saturated carbocycles. The van der Waals surface area contributed by atoms with Crippen molar-refractivity contribution in [2.75, 3.05) is 0 Å². The van der Waals surface area contributed by atoms with Crippen molar-refractivity contribution < 1.29 is 0 Å².